The largest absolute Gasteiger partial charge is 0.493 e. The van der Waals surface area contributed by atoms with E-state index in [1.54, 1.807) is 0 Å². The van der Waals surface area contributed by atoms with Crippen LogP contribution in [0.4, 0.5) is 0 Å². The molecule has 0 aromatic heterocycles. The van der Waals surface area contributed by atoms with Crippen LogP contribution in [0.15, 0.2) is 16.4 Å². The Morgan fingerprint density at radius 3 is 2.75 bits per heavy atom. The molecule has 1 rings (SSSR count). The molecule has 1 heterocycles. The van der Waals surface area contributed by atoms with E-state index in [0.29, 0.717) is 0 Å². The Morgan fingerprint density at radius 1 is 1.50 bits per heavy atom. The Kier molecular flexibility index (Phi) is 3.14. The van der Waals surface area contributed by atoms with Crippen molar-refractivity contribution in [3.63, 3.8) is 0 Å². The highest BCUT2D eigenvalue weighted by atomic mass is 16.3. The highest BCUT2D eigenvalue weighted by Crippen LogP contribution is 2.14. The van der Waals surface area contributed by atoms with Crippen molar-refractivity contribution in [2.24, 2.45) is 4.99 Å². The topological polar surface area (TPSA) is 44.6 Å². The highest BCUT2D eigenvalue weighted by molar-refractivity contribution is 5.85. The summed E-state index contributed by atoms with van der Waals surface area (Å²) in [6.45, 7) is 5.90. The van der Waals surface area contributed by atoms with Gasteiger partial charge in [-0.3, -0.25) is 0 Å². The minimum absolute atomic E-state index is 0.166. The monoisotopic (exact) mass is 167 g/mol. The quantitative estimate of drug-likeness (QED) is 0.676. The van der Waals surface area contributed by atoms with Gasteiger partial charge in [0.05, 0.1) is 6.54 Å². The van der Waals surface area contributed by atoms with Gasteiger partial charge in [0, 0.05) is 12.0 Å². The van der Waals surface area contributed by atoms with Crippen molar-refractivity contribution in [3.05, 3.63) is 18.0 Å². The van der Waals surface area contributed by atoms with E-state index in [1.807, 2.05) is 13.5 Å². The third kappa shape index (κ3) is 2.00. The zero-order chi connectivity index (χ0) is 8.97. The van der Waals surface area contributed by atoms with Crippen LogP contribution in [-0.2, 0) is 0 Å². The van der Waals surface area contributed by atoms with Crippen LogP contribution in [0.5, 0.6) is 0 Å². The summed E-state index contributed by atoms with van der Waals surface area (Å²) in [6, 6.07) is 0. The molecule has 0 fully saturated rings. The second kappa shape index (κ2) is 4.14. The molecule has 3 nitrogen and oxygen atoms in total. The Morgan fingerprint density at radius 2 is 2.25 bits per heavy atom. The van der Waals surface area contributed by atoms with Crippen LogP contribution < -0.4 is 5.32 Å². The zero-order valence-corrected chi connectivity index (χ0v) is 7.59. The van der Waals surface area contributed by atoms with Gasteiger partial charge in [-0.2, -0.15) is 0 Å². The van der Waals surface area contributed by atoms with Crippen LogP contribution in [-0.4, -0.2) is 10.9 Å². The summed E-state index contributed by atoms with van der Waals surface area (Å²) in [5, 5.41) is 12.4. The van der Waals surface area contributed by atoms with Gasteiger partial charge in [-0.1, -0.05) is 13.8 Å². The van der Waals surface area contributed by atoms with Gasteiger partial charge >= 0.3 is 0 Å². The number of aliphatic hydroxyl groups is 1. The molecule has 0 aromatic rings. The van der Waals surface area contributed by atoms with E-state index in [-0.39, 0.29) is 5.88 Å². The molecule has 0 saturated heterocycles. The smallest absolute Gasteiger partial charge is 0.213 e. The molecule has 0 aromatic carbocycles. The molecular formula is C9H15N2O. The van der Waals surface area contributed by atoms with Crippen LogP contribution in [0.3, 0.4) is 0 Å². The van der Waals surface area contributed by atoms with Crippen LogP contribution in [0.2, 0.25) is 0 Å². The van der Waals surface area contributed by atoms with Crippen molar-refractivity contribution in [3.8, 4) is 0 Å². The van der Waals surface area contributed by atoms with Gasteiger partial charge in [-0.15, -0.1) is 0 Å². The molecule has 1 radical (unpaired) electrons. The molecule has 0 saturated carbocycles. The lowest BCUT2D eigenvalue weighted by atomic mass is 10.2. The number of aliphatic hydroxyl groups excluding tert-OH is 1. The Bertz CT molecular complexity index is 219. The molecule has 1 aliphatic rings. The maximum absolute atomic E-state index is 9.39. The van der Waals surface area contributed by atoms with E-state index in [2.05, 4.69) is 17.2 Å². The minimum atomic E-state index is 0.166. The first kappa shape index (κ1) is 9.10. The van der Waals surface area contributed by atoms with E-state index in [1.165, 1.54) is 0 Å². The van der Waals surface area contributed by atoms with Crippen molar-refractivity contribution in [1.29, 1.82) is 0 Å². The Hall–Kier alpha value is -0.990. The second-order valence-corrected chi connectivity index (χ2v) is 2.80. The van der Waals surface area contributed by atoms with Gasteiger partial charge in [0.2, 0.25) is 5.88 Å². The van der Waals surface area contributed by atoms with Gasteiger partial charge in [-0.25, -0.2) is 4.99 Å². The molecule has 67 valence electrons. The molecule has 3 heteroatoms. The third-order valence-electron chi connectivity index (χ3n) is 1.81. The lowest BCUT2D eigenvalue weighted by Crippen LogP contribution is -2.25. The third-order valence-corrected chi connectivity index (χ3v) is 1.81. The van der Waals surface area contributed by atoms with Gasteiger partial charge in [0.15, 0.2) is 0 Å². The first-order chi connectivity index (χ1) is 5.77. The summed E-state index contributed by atoms with van der Waals surface area (Å²) in [5.74, 6) is 1.02. The molecule has 0 bridgehead atoms. The summed E-state index contributed by atoms with van der Waals surface area (Å²) < 4.78 is 0. The van der Waals surface area contributed by atoms with Crippen LogP contribution in [0.1, 0.15) is 33.1 Å². The molecule has 0 aliphatic carbocycles. The van der Waals surface area contributed by atoms with E-state index < -0.39 is 0 Å². The van der Waals surface area contributed by atoms with Crippen molar-refractivity contribution < 1.29 is 5.11 Å². The average molecular weight is 167 g/mol. The number of nitrogens with one attached hydrogen (secondary N) is 1. The average Bonchev–Trinajstić information content (AvgIpc) is 2.05. The first-order valence-electron chi connectivity index (χ1n) is 4.37. The lowest BCUT2D eigenvalue weighted by molar-refractivity contribution is 0.394. The fraction of sp³-hybridized carbons (Fsp3) is 0.556. The van der Waals surface area contributed by atoms with Crippen LogP contribution in [0, 0.1) is 6.54 Å². The number of hydrogen-bond donors (Lipinski definition) is 2. The van der Waals surface area contributed by atoms with Crippen molar-refractivity contribution in [2.75, 3.05) is 0 Å². The van der Waals surface area contributed by atoms with E-state index in [0.717, 1.165) is 30.7 Å². The predicted molar refractivity (Wildman–Crippen MR) is 49.7 cm³/mol. The number of hydrogen-bond acceptors (Lipinski definition) is 3. The van der Waals surface area contributed by atoms with E-state index in [4.69, 9.17) is 0 Å². The molecule has 1 aliphatic heterocycles. The molecule has 0 amide bonds. The molecular weight excluding hydrogens is 152 g/mol. The molecule has 0 unspecified atom stereocenters. The summed E-state index contributed by atoms with van der Waals surface area (Å²) in [4.78, 5) is 4.03. The maximum atomic E-state index is 9.39. The van der Waals surface area contributed by atoms with Gasteiger partial charge in [0.1, 0.15) is 5.84 Å². The second-order valence-electron chi connectivity index (χ2n) is 2.80. The number of nitrogens with zero attached hydrogens (tertiary/aromatic N) is 1. The SMILES string of the molecule is CCCC1=NC(O)=C(CC)[CH]N1. The van der Waals surface area contributed by atoms with E-state index in [9.17, 15) is 5.11 Å². The van der Waals surface area contributed by atoms with E-state index >= 15 is 0 Å². The highest BCUT2D eigenvalue weighted by Gasteiger charge is 2.11. The van der Waals surface area contributed by atoms with Crippen LogP contribution >= 0.6 is 0 Å². The van der Waals surface area contributed by atoms with Gasteiger partial charge < -0.3 is 10.4 Å². The number of amidine groups is 1. The summed E-state index contributed by atoms with van der Waals surface area (Å²) in [5.41, 5.74) is 0.870. The Labute approximate surface area is 73.2 Å². The standard InChI is InChI=1S/C9H15N2O/c1-3-5-8-10-6-7(4-2)9(12)11-8/h6,12H,3-5H2,1-2H3,(H,10,11). The maximum Gasteiger partial charge on any atom is 0.213 e. The summed E-state index contributed by atoms with van der Waals surface area (Å²) in [6.07, 6.45) is 2.73. The minimum Gasteiger partial charge on any atom is -0.493 e. The zero-order valence-electron chi connectivity index (χ0n) is 7.59. The Balaban J connectivity index is 2.67. The van der Waals surface area contributed by atoms with Gasteiger partial charge in [0.25, 0.3) is 0 Å². The van der Waals surface area contributed by atoms with Crippen molar-refractivity contribution >= 4 is 5.84 Å². The summed E-state index contributed by atoms with van der Waals surface area (Å²) in [7, 11) is 0. The number of aliphatic imine (C=N–C) groups is 1. The normalized spacial score (nSPS) is 17.3. The fourth-order valence-corrected chi connectivity index (χ4v) is 1.09. The molecule has 0 atom stereocenters. The number of rotatable bonds is 3. The molecule has 0 spiro atoms. The van der Waals surface area contributed by atoms with Gasteiger partial charge in [-0.05, 0) is 12.8 Å². The van der Waals surface area contributed by atoms with Crippen molar-refractivity contribution in [2.45, 2.75) is 33.1 Å². The summed E-state index contributed by atoms with van der Waals surface area (Å²) >= 11 is 0. The lowest BCUT2D eigenvalue weighted by Gasteiger charge is -2.15. The molecule has 2 N–H and O–H groups in total. The van der Waals surface area contributed by atoms with Crippen LogP contribution in [0.25, 0.3) is 0 Å². The fourth-order valence-electron chi connectivity index (χ4n) is 1.09. The van der Waals surface area contributed by atoms with Crippen molar-refractivity contribution in [1.82, 2.24) is 5.32 Å². The molecule has 12 heavy (non-hydrogen) atoms. The predicted octanol–water partition coefficient (Wildman–Crippen LogP) is 2.13. The first-order valence-corrected chi connectivity index (χ1v) is 4.37.